The number of nitrogens with one attached hydrogen (secondary N) is 1. The average molecular weight is 509 g/mol. The minimum atomic E-state index is -0.472. The zero-order valence-electron chi connectivity index (χ0n) is 20.3. The fourth-order valence-electron chi connectivity index (χ4n) is 3.90. The first-order valence-electron chi connectivity index (χ1n) is 11.4. The van der Waals surface area contributed by atoms with Gasteiger partial charge < -0.3 is 10.1 Å². The van der Waals surface area contributed by atoms with Crippen LogP contribution in [0.1, 0.15) is 50.4 Å². The van der Waals surface area contributed by atoms with E-state index in [0.29, 0.717) is 33.2 Å². The molecule has 0 fully saturated rings. The van der Waals surface area contributed by atoms with Crippen LogP contribution in [0.25, 0.3) is 0 Å². The van der Waals surface area contributed by atoms with Gasteiger partial charge in [-0.1, -0.05) is 99.3 Å². The molecule has 0 radical (unpaired) electrons. The summed E-state index contributed by atoms with van der Waals surface area (Å²) in [6.07, 6.45) is 1.56. The number of rotatable bonds is 7. The average Bonchev–Trinajstić information content (AvgIpc) is 3.23. The molecule has 0 spiro atoms. The monoisotopic (exact) mass is 508 g/mol. The normalized spacial score (nSPS) is 15.4. The summed E-state index contributed by atoms with van der Waals surface area (Å²) in [4.78, 5) is 17.8. The summed E-state index contributed by atoms with van der Waals surface area (Å²) in [5, 5.41) is 9.31. The number of carbonyl (C=O) groups excluding carboxylic acids is 1. The molecule has 1 aliphatic rings. The number of fused-ring (bicyclic) bond motifs is 1. The van der Waals surface area contributed by atoms with Crippen LogP contribution in [0.5, 0.6) is 0 Å². The summed E-state index contributed by atoms with van der Waals surface area (Å²) < 4.78 is 7.20. The van der Waals surface area contributed by atoms with E-state index in [-0.39, 0.29) is 12.0 Å². The smallest absolute Gasteiger partial charge is 0.338 e. The van der Waals surface area contributed by atoms with E-state index in [4.69, 9.17) is 26.4 Å². The number of halogens is 1. The van der Waals surface area contributed by atoms with Crippen molar-refractivity contribution >= 4 is 35.3 Å². The molecule has 6 nitrogen and oxygen atoms in total. The molecule has 1 unspecified atom stereocenters. The van der Waals surface area contributed by atoms with Crippen LogP contribution in [0.15, 0.2) is 77.6 Å². The Bertz CT molecular complexity index is 1280. The minimum Gasteiger partial charge on any atom is -0.458 e. The summed E-state index contributed by atoms with van der Waals surface area (Å²) in [5.41, 5.74) is 4.35. The van der Waals surface area contributed by atoms with Crippen molar-refractivity contribution in [3.8, 4) is 0 Å². The lowest BCUT2D eigenvalue weighted by Gasteiger charge is -2.28. The topological polar surface area (TPSA) is 69.0 Å². The van der Waals surface area contributed by atoms with E-state index in [9.17, 15) is 4.79 Å². The van der Waals surface area contributed by atoms with Gasteiger partial charge in [-0.15, -0.1) is 5.10 Å². The molecule has 3 aromatic rings. The molecule has 4 rings (SSSR count). The summed E-state index contributed by atoms with van der Waals surface area (Å²) in [7, 11) is 0. The highest BCUT2D eigenvalue weighted by atomic mass is 35.5. The van der Waals surface area contributed by atoms with E-state index < -0.39 is 12.0 Å². The SMILES string of the molecule is C=CCOC(=O)C1=C(C)Nc2nc(SCc3ccccc3Cl)nn2C1c1ccc(C(C)(C)C)cc1. The van der Waals surface area contributed by atoms with E-state index in [2.05, 4.69) is 44.8 Å². The Morgan fingerprint density at radius 3 is 2.60 bits per heavy atom. The van der Waals surface area contributed by atoms with E-state index in [1.165, 1.54) is 17.3 Å². The molecule has 0 aliphatic carbocycles. The van der Waals surface area contributed by atoms with Crippen molar-refractivity contribution in [3.63, 3.8) is 0 Å². The molecule has 182 valence electrons. The fourth-order valence-corrected chi connectivity index (χ4v) is 5.02. The zero-order valence-corrected chi connectivity index (χ0v) is 21.9. The number of anilines is 1. The number of nitrogens with zero attached hydrogens (tertiary/aromatic N) is 3. The maximum Gasteiger partial charge on any atom is 0.338 e. The van der Waals surface area contributed by atoms with Crippen LogP contribution in [-0.2, 0) is 20.7 Å². The maximum atomic E-state index is 13.1. The summed E-state index contributed by atoms with van der Waals surface area (Å²) in [5.74, 6) is 0.801. The highest BCUT2D eigenvalue weighted by molar-refractivity contribution is 7.98. The van der Waals surface area contributed by atoms with Gasteiger partial charge in [-0.05, 0) is 35.1 Å². The van der Waals surface area contributed by atoms with Crippen LogP contribution < -0.4 is 5.32 Å². The van der Waals surface area contributed by atoms with E-state index in [0.717, 1.165) is 11.1 Å². The van der Waals surface area contributed by atoms with Gasteiger partial charge in [0.05, 0.1) is 5.57 Å². The van der Waals surface area contributed by atoms with Crippen LogP contribution in [0, 0.1) is 0 Å². The number of allylic oxidation sites excluding steroid dienone is 1. The summed E-state index contributed by atoms with van der Waals surface area (Å²) in [6.45, 7) is 12.2. The van der Waals surface area contributed by atoms with Crippen molar-refractivity contribution in [3.05, 3.63) is 94.2 Å². The van der Waals surface area contributed by atoms with Crippen LogP contribution in [-0.4, -0.2) is 27.3 Å². The largest absolute Gasteiger partial charge is 0.458 e. The first-order valence-corrected chi connectivity index (χ1v) is 12.7. The number of thioether (sulfide) groups is 1. The van der Waals surface area contributed by atoms with E-state index in [1.54, 1.807) is 10.8 Å². The summed E-state index contributed by atoms with van der Waals surface area (Å²) >= 11 is 7.81. The van der Waals surface area contributed by atoms with Crippen molar-refractivity contribution in [1.82, 2.24) is 14.8 Å². The number of benzene rings is 2. The van der Waals surface area contributed by atoms with Crippen LogP contribution in [0.2, 0.25) is 5.02 Å². The minimum absolute atomic E-state index is 0.0189. The quantitative estimate of drug-likeness (QED) is 0.222. The Morgan fingerprint density at radius 1 is 1.23 bits per heavy atom. The van der Waals surface area contributed by atoms with Crippen LogP contribution in [0.3, 0.4) is 0 Å². The van der Waals surface area contributed by atoms with Gasteiger partial charge in [-0.3, -0.25) is 0 Å². The van der Waals surface area contributed by atoms with Gasteiger partial charge in [0.25, 0.3) is 0 Å². The molecule has 1 aromatic heterocycles. The van der Waals surface area contributed by atoms with Gasteiger partial charge in [0.2, 0.25) is 11.1 Å². The molecule has 2 heterocycles. The van der Waals surface area contributed by atoms with Crippen LogP contribution >= 0.6 is 23.4 Å². The van der Waals surface area contributed by atoms with Gasteiger partial charge in [0, 0.05) is 16.5 Å². The highest BCUT2D eigenvalue weighted by Gasteiger charge is 2.35. The molecular formula is C27H29ClN4O2S. The molecule has 0 saturated carbocycles. The number of aromatic nitrogens is 3. The number of carbonyl (C=O) groups is 1. The molecule has 1 N–H and O–H groups in total. The van der Waals surface area contributed by atoms with Gasteiger partial charge in [-0.25, -0.2) is 9.48 Å². The standard InChI is InChI=1S/C27H29ClN4O2S/c1-6-15-34-24(33)22-17(2)29-25-30-26(35-16-19-9-7-8-10-21(19)28)31-32(25)23(22)18-11-13-20(14-12-18)27(3,4)5/h6-14,23H,1,15-16H2,2-5H3,(H,29,30,31). The first kappa shape index (κ1) is 25.1. The second-order valence-electron chi connectivity index (χ2n) is 9.37. The number of hydrogen-bond acceptors (Lipinski definition) is 6. The van der Waals surface area contributed by atoms with Crippen molar-refractivity contribution in [2.24, 2.45) is 0 Å². The summed E-state index contributed by atoms with van der Waals surface area (Å²) in [6, 6.07) is 15.6. The fraction of sp³-hybridized carbons (Fsp3) is 0.296. The number of ether oxygens (including phenoxy) is 1. The highest BCUT2D eigenvalue weighted by Crippen LogP contribution is 2.38. The van der Waals surface area contributed by atoms with Gasteiger partial charge >= 0.3 is 5.97 Å². The van der Waals surface area contributed by atoms with Crippen molar-refractivity contribution < 1.29 is 9.53 Å². The Labute approximate surface area is 215 Å². The molecule has 2 aromatic carbocycles. The predicted octanol–water partition coefficient (Wildman–Crippen LogP) is 6.54. The lowest BCUT2D eigenvalue weighted by Crippen LogP contribution is -2.29. The van der Waals surface area contributed by atoms with Crippen molar-refractivity contribution in [2.75, 3.05) is 11.9 Å². The van der Waals surface area contributed by atoms with Crippen molar-refractivity contribution in [1.29, 1.82) is 0 Å². The molecule has 35 heavy (non-hydrogen) atoms. The molecule has 0 amide bonds. The third-order valence-corrected chi connectivity index (χ3v) is 7.05. The third-order valence-electron chi connectivity index (χ3n) is 5.79. The molecule has 8 heteroatoms. The lowest BCUT2D eigenvalue weighted by atomic mass is 9.85. The second kappa shape index (κ2) is 10.3. The Hall–Kier alpha value is -3.03. The van der Waals surface area contributed by atoms with E-state index >= 15 is 0 Å². The van der Waals surface area contributed by atoms with Gasteiger partial charge in [0.1, 0.15) is 12.6 Å². The molecular weight excluding hydrogens is 480 g/mol. The van der Waals surface area contributed by atoms with Gasteiger partial charge in [-0.2, -0.15) is 4.98 Å². The second-order valence-corrected chi connectivity index (χ2v) is 10.7. The van der Waals surface area contributed by atoms with Crippen LogP contribution in [0.4, 0.5) is 5.95 Å². The van der Waals surface area contributed by atoms with Gasteiger partial charge in [0.15, 0.2) is 0 Å². The first-order chi connectivity index (χ1) is 16.7. The third kappa shape index (κ3) is 5.46. The molecule has 1 aliphatic heterocycles. The van der Waals surface area contributed by atoms with Crippen molar-refractivity contribution in [2.45, 2.75) is 50.1 Å². The zero-order chi connectivity index (χ0) is 25.2. The molecule has 0 bridgehead atoms. The molecule has 1 atom stereocenters. The number of hydrogen-bond donors (Lipinski definition) is 1. The Balaban J connectivity index is 1.71. The lowest BCUT2D eigenvalue weighted by molar-refractivity contribution is -0.138. The predicted molar refractivity (Wildman–Crippen MR) is 142 cm³/mol. The molecule has 0 saturated heterocycles. The maximum absolute atomic E-state index is 13.1. The number of esters is 1. The van der Waals surface area contributed by atoms with E-state index in [1.807, 2.05) is 43.3 Å². The Kier molecular flexibility index (Phi) is 7.38. The Morgan fingerprint density at radius 2 is 1.94 bits per heavy atom.